The monoisotopic (exact) mass is 411 g/mol. The van der Waals surface area contributed by atoms with Crippen LogP contribution >= 0.6 is 0 Å². The number of hydrogen-bond acceptors (Lipinski definition) is 6. The van der Waals surface area contributed by atoms with Crippen LogP contribution < -0.4 is 10.9 Å². The summed E-state index contributed by atoms with van der Waals surface area (Å²) < 4.78 is 25.8. The molecule has 3 aromatic rings. The molecule has 29 heavy (non-hydrogen) atoms. The zero-order valence-corrected chi connectivity index (χ0v) is 16.8. The summed E-state index contributed by atoms with van der Waals surface area (Å²) in [5.41, 5.74) is 2.18. The van der Waals surface area contributed by atoms with Crippen LogP contribution in [0.5, 0.6) is 0 Å². The molecular weight excluding hydrogens is 390 g/mol. The van der Waals surface area contributed by atoms with Crippen LogP contribution in [0, 0.1) is 17.2 Å². The number of pyridine rings is 1. The molecule has 1 aliphatic carbocycles. The van der Waals surface area contributed by atoms with Crippen molar-refractivity contribution < 1.29 is 8.42 Å². The van der Waals surface area contributed by atoms with Gasteiger partial charge in [0.15, 0.2) is 15.7 Å². The summed E-state index contributed by atoms with van der Waals surface area (Å²) >= 11 is 0. The van der Waals surface area contributed by atoms with Crippen LogP contribution in [0.25, 0.3) is 10.9 Å². The molecule has 0 radical (unpaired) electrons. The van der Waals surface area contributed by atoms with Gasteiger partial charge in [-0.3, -0.25) is 9.48 Å². The zero-order valence-electron chi connectivity index (χ0n) is 16.0. The van der Waals surface area contributed by atoms with Crippen molar-refractivity contribution in [2.45, 2.75) is 37.6 Å². The number of nitrogens with one attached hydrogen (secondary N) is 2. The smallest absolute Gasteiger partial charge is 0.261 e. The highest BCUT2D eigenvalue weighted by molar-refractivity contribution is 7.91. The molecule has 2 aromatic heterocycles. The number of hydrogen-bond donors (Lipinski definition) is 2. The number of aromatic nitrogens is 3. The number of nitrogens with zero attached hydrogens (tertiary/aromatic N) is 3. The van der Waals surface area contributed by atoms with Crippen LogP contribution in [0.3, 0.4) is 0 Å². The number of benzene rings is 1. The molecule has 2 N–H and O–H groups in total. The quantitative estimate of drug-likeness (QED) is 0.681. The molecule has 2 aliphatic rings. The first-order valence-electron chi connectivity index (χ1n) is 9.44. The highest BCUT2D eigenvalue weighted by Gasteiger charge is 2.27. The Bertz CT molecular complexity index is 1280. The van der Waals surface area contributed by atoms with E-state index >= 15 is 0 Å². The van der Waals surface area contributed by atoms with Gasteiger partial charge in [0.05, 0.1) is 22.2 Å². The van der Waals surface area contributed by atoms with Crippen LogP contribution in [0.2, 0.25) is 0 Å². The predicted molar refractivity (Wildman–Crippen MR) is 110 cm³/mol. The van der Waals surface area contributed by atoms with Crippen LogP contribution in [0.15, 0.2) is 40.2 Å². The lowest BCUT2D eigenvalue weighted by atomic mass is 10.1. The van der Waals surface area contributed by atoms with Gasteiger partial charge < -0.3 is 10.3 Å². The average molecular weight is 411 g/mol. The van der Waals surface area contributed by atoms with E-state index in [0.29, 0.717) is 28.4 Å². The first-order valence-corrected chi connectivity index (χ1v) is 11.1. The van der Waals surface area contributed by atoms with Crippen molar-refractivity contribution in [1.29, 1.82) is 5.26 Å². The van der Waals surface area contributed by atoms with E-state index in [1.54, 1.807) is 24.4 Å². The molecule has 150 valence electrons. The third-order valence-electron chi connectivity index (χ3n) is 5.10. The Kier molecular flexibility index (Phi) is 4.88. The lowest BCUT2D eigenvalue weighted by molar-refractivity contribution is 0.582. The lowest BCUT2D eigenvalue weighted by Crippen LogP contribution is -2.06. The van der Waals surface area contributed by atoms with E-state index in [4.69, 9.17) is 5.26 Å². The summed E-state index contributed by atoms with van der Waals surface area (Å²) in [5.74, 6) is 1.29. The Morgan fingerprint density at radius 2 is 2.10 bits per heavy atom. The van der Waals surface area contributed by atoms with E-state index in [1.807, 2.05) is 16.8 Å². The van der Waals surface area contributed by atoms with Crippen molar-refractivity contribution in [3.05, 3.63) is 46.4 Å². The molecule has 1 saturated carbocycles. The van der Waals surface area contributed by atoms with Gasteiger partial charge in [-0.1, -0.05) is 0 Å². The summed E-state index contributed by atoms with van der Waals surface area (Å²) in [7, 11) is -3.14. The van der Waals surface area contributed by atoms with Gasteiger partial charge in [-0.15, -0.1) is 0 Å². The second kappa shape index (κ2) is 7.37. The van der Waals surface area contributed by atoms with Crippen LogP contribution in [-0.2, 0) is 22.8 Å². The minimum absolute atomic E-state index is 0.157. The van der Waals surface area contributed by atoms with Gasteiger partial charge in [0.25, 0.3) is 5.56 Å². The third-order valence-corrected chi connectivity index (χ3v) is 6.91. The fourth-order valence-electron chi connectivity index (χ4n) is 3.56. The van der Waals surface area contributed by atoms with E-state index in [1.165, 1.54) is 19.8 Å². The maximum atomic E-state index is 12.3. The maximum Gasteiger partial charge on any atom is 0.261 e. The molecule has 0 unspecified atom stereocenters. The third kappa shape index (κ3) is 3.76. The first-order chi connectivity index (χ1) is 13.9. The van der Waals surface area contributed by atoms with Gasteiger partial charge in [-0.25, -0.2) is 8.42 Å². The molecule has 1 fully saturated rings. The van der Waals surface area contributed by atoms with E-state index in [9.17, 15) is 13.2 Å². The van der Waals surface area contributed by atoms with Crippen LogP contribution in [0.1, 0.15) is 25.3 Å². The topological polar surface area (TPSA) is 121 Å². The molecule has 0 amide bonds. The van der Waals surface area contributed by atoms with Crippen LogP contribution in [-0.4, -0.2) is 28.9 Å². The van der Waals surface area contributed by atoms with Gasteiger partial charge in [-0.2, -0.15) is 10.4 Å². The number of aryl methyl sites for hydroxylation is 1. The Morgan fingerprint density at radius 3 is 2.83 bits per heavy atom. The molecule has 0 spiro atoms. The van der Waals surface area contributed by atoms with E-state index < -0.39 is 9.84 Å². The van der Waals surface area contributed by atoms with Crippen molar-refractivity contribution in [1.82, 2.24) is 14.8 Å². The Morgan fingerprint density at radius 1 is 1.34 bits per heavy atom. The normalized spacial score (nSPS) is 16.6. The van der Waals surface area contributed by atoms with Gasteiger partial charge in [0, 0.05) is 25.4 Å². The summed E-state index contributed by atoms with van der Waals surface area (Å²) in [5, 5.41) is 15.7. The Labute approximate surface area is 168 Å². The number of anilines is 2. The van der Waals surface area contributed by atoms with Crippen molar-refractivity contribution in [3.63, 3.8) is 0 Å². The highest BCUT2D eigenvalue weighted by atomic mass is 32.2. The van der Waals surface area contributed by atoms with Gasteiger partial charge in [0.2, 0.25) is 0 Å². The number of sulfone groups is 1. The summed E-state index contributed by atoms with van der Waals surface area (Å²) in [6, 6.07) is 8.81. The van der Waals surface area contributed by atoms with Crippen molar-refractivity contribution in [2.24, 2.45) is 5.92 Å². The fourth-order valence-corrected chi connectivity index (χ4v) is 5.10. The van der Waals surface area contributed by atoms with Gasteiger partial charge in [-0.05, 0) is 55.0 Å². The summed E-state index contributed by atoms with van der Waals surface area (Å²) in [4.78, 5) is 15.5. The summed E-state index contributed by atoms with van der Waals surface area (Å²) in [6.07, 6.45) is 4.56. The van der Waals surface area contributed by atoms with Crippen molar-refractivity contribution >= 4 is 32.2 Å². The predicted octanol–water partition coefficient (Wildman–Crippen LogP) is 2.74. The fraction of sp³-hybridized carbons (Fsp3) is 0.350. The lowest BCUT2D eigenvalue weighted by Gasteiger charge is -2.06. The molecule has 0 atom stereocenters. The minimum atomic E-state index is -3.14. The Balaban J connectivity index is 0.000000645. The van der Waals surface area contributed by atoms with Gasteiger partial charge >= 0.3 is 0 Å². The molecule has 8 nitrogen and oxygen atoms in total. The number of fused-ring (bicyclic) bond motifs is 2. The second-order valence-corrected chi connectivity index (χ2v) is 9.36. The molecule has 1 aliphatic heterocycles. The largest absolute Gasteiger partial charge is 0.338 e. The molecular formula is C20H21N5O3S. The molecule has 0 saturated heterocycles. The number of nitriles is 1. The number of rotatable bonds is 4. The molecule has 3 heterocycles. The van der Waals surface area contributed by atoms with Gasteiger partial charge in [0.1, 0.15) is 5.39 Å². The molecule has 0 bridgehead atoms. The minimum Gasteiger partial charge on any atom is -0.338 e. The van der Waals surface area contributed by atoms with E-state index in [0.717, 1.165) is 23.3 Å². The summed E-state index contributed by atoms with van der Waals surface area (Å²) in [6.45, 7) is 2.24. The number of H-pyrrole nitrogens is 1. The number of aromatic amines is 1. The van der Waals surface area contributed by atoms with E-state index in [-0.39, 0.29) is 11.3 Å². The molecule has 5 rings (SSSR count). The Hall–Kier alpha value is -3.12. The standard InChI is InChI=1S/C18H18N4O3S.C2H3N/c23-18-16-14(5-7-19-18)22(10-11-1-2-11)21-17(16)20-13-3-4-15-12(9-13)6-8-26(15,24)25;1-2-3/h3-5,7,9,11H,1-2,6,8,10H2,(H,19,23)(H,20,21);1H3. The average Bonchev–Trinajstić information content (AvgIpc) is 3.36. The first kappa shape index (κ1) is 19.2. The van der Waals surface area contributed by atoms with E-state index in [2.05, 4.69) is 15.4 Å². The van der Waals surface area contributed by atoms with Crippen molar-refractivity contribution in [2.75, 3.05) is 11.1 Å². The molecule has 1 aromatic carbocycles. The van der Waals surface area contributed by atoms with Crippen LogP contribution in [0.4, 0.5) is 11.5 Å². The SMILES string of the molecule is CC#N.O=c1[nH]ccc2c1c(Nc1ccc3c(c1)CCS3(=O)=O)nn2CC1CC1. The highest BCUT2D eigenvalue weighted by Crippen LogP contribution is 2.33. The second-order valence-electron chi connectivity index (χ2n) is 7.28. The zero-order chi connectivity index (χ0) is 20.6. The maximum absolute atomic E-state index is 12.3. The molecule has 9 heteroatoms. The van der Waals surface area contributed by atoms with Crippen molar-refractivity contribution in [3.8, 4) is 6.07 Å².